The van der Waals surface area contributed by atoms with Gasteiger partial charge in [-0.2, -0.15) is 9.63 Å². The smallest absolute Gasteiger partial charge is 0.380 e. The third-order valence-corrected chi connectivity index (χ3v) is 3.77. The van der Waals surface area contributed by atoms with Crippen LogP contribution in [0.2, 0.25) is 0 Å². The average molecular weight is 382 g/mol. The second-order valence-electron chi connectivity index (χ2n) is 4.85. The molecule has 8 nitrogen and oxygen atoms in total. The Morgan fingerprint density at radius 3 is 2.68 bits per heavy atom. The highest BCUT2D eigenvalue weighted by Gasteiger charge is 2.40. The second-order valence-corrected chi connectivity index (χ2v) is 5.80. The topological polar surface area (TPSA) is 84.7 Å². The van der Waals surface area contributed by atoms with Gasteiger partial charge in [-0.1, -0.05) is 41.9 Å². The number of ether oxygens (including phenoxy) is 1. The molecule has 0 spiro atoms. The Hall–Kier alpha value is -2.81. The number of hydroxylamine groups is 1. The second kappa shape index (κ2) is 6.60. The first-order valence-corrected chi connectivity index (χ1v) is 7.61. The molecule has 128 valence electrons. The van der Waals surface area contributed by atoms with Crippen molar-refractivity contribution in [1.29, 1.82) is 0 Å². The van der Waals surface area contributed by atoms with Gasteiger partial charge in [0, 0.05) is 0 Å². The van der Waals surface area contributed by atoms with Gasteiger partial charge in [-0.15, -0.1) is 0 Å². The minimum atomic E-state index is -0.733. The molecule has 0 saturated carbocycles. The Balaban J connectivity index is 2.20. The lowest BCUT2D eigenvalue weighted by Crippen LogP contribution is -2.24. The van der Waals surface area contributed by atoms with Crippen LogP contribution in [-0.4, -0.2) is 14.7 Å². The number of fused-ring (bicyclic) bond motifs is 1. The molecule has 1 aliphatic heterocycles. The zero-order valence-electron chi connectivity index (χ0n) is 12.5. The number of aromatic nitrogens is 2. The van der Waals surface area contributed by atoms with Crippen molar-refractivity contribution in [3.8, 4) is 5.75 Å². The van der Waals surface area contributed by atoms with Crippen molar-refractivity contribution in [1.82, 2.24) is 4.57 Å². The highest BCUT2D eigenvalue weighted by molar-refractivity contribution is 6.58. The van der Waals surface area contributed by atoms with E-state index in [1.54, 1.807) is 35.0 Å². The van der Waals surface area contributed by atoms with Crippen LogP contribution in [0.3, 0.4) is 0 Å². The molecule has 1 aromatic heterocycles. The van der Waals surface area contributed by atoms with E-state index in [9.17, 15) is 15.3 Å². The van der Waals surface area contributed by atoms with E-state index in [1.165, 1.54) is 23.3 Å². The monoisotopic (exact) mass is 381 g/mol. The molecule has 25 heavy (non-hydrogen) atoms. The molecular formula is C15H11Cl2N4O4+. The van der Waals surface area contributed by atoms with Crippen molar-refractivity contribution in [2.24, 2.45) is 0 Å². The number of imidazole rings is 1. The summed E-state index contributed by atoms with van der Waals surface area (Å²) in [6.07, 6.45) is 6.04. The summed E-state index contributed by atoms with van der Waals surface area (Å²) in [6, 6.07) is 6.44. The van der Waals surface area contributed by atoms with E-state index in [4.69, 9.17) is 27.9 Å². The zero-order valence-corrected chi connectivity index (χ0v) is 14.1. The summed E-state index contributed by atoms with van der Waals surface area (Å²) < 4.78 is 7.94. The molecule has 0 bridgehead atoms. The molecule has 2 heterocycles. The van der Waals surface area contributed by atoms with Gasteiger partial charge in [-0.25, -0.2) is 4.57 Å². The third-order valence-electron chi connectivity index (χ3n) is 3.41. The maximum absolute atomic E-state index is 11.7. The van der Waals surface area contributed by atoms with Crippen molar-refractivity contribution in [2.75, 3.05) is 5.06 Å². The molecule has 0 radical (unpaired) electrons. The Labute approximate surface area is 151 Å². The SMILES string of the molecule is C=C[n+]1ccn(C(=C(Cl)Cl)/C(=C2\Oc3ccccc3N2O)[N+](=O)[O-])c1. The van der Waals surface area contributed by atoms with Crippen LogP contribution in [0.4, 0.5) is 5.69 Å². The number of halogens is 2. The van der Waals surface area contributed by atoms with Gasteiger partial charge in [-0.3, -0.25) is 15.3 Å². The van der Waals surface area contributed by atoms with Gasteiger partial charge >= 0.3 is 11.6 Å². The Morgan fingerprint density at radius 1 is 1.40 bits per heavy atom. The number of anilines is 1. The first-order valence-electron chi connectivity index (χ1n) is 6.86. The van der Waals surface area contributed by atoms with Gasteiger partial charge in [0.2, 0.25) is 5.70 Å². The van der Waals surface area contributed by atoms with E-state index in [0.29, 0.717) is 5.06 Å². The highest BCUT2D eigenvalue weighted by Crippen LogP contribution is 2.40. The van der Waals surface area contributed by atoms with Crippen molar-refractivity contribution >= 4 is 40.8 Å². The zero-order chi connectivity index (χ0) is 18.1. The van der Waals surface area contributed by atoms with E-state index in [2.05, 4.69) is 6.58 Å². The minimum Gasteiger partial charge on any atom is -0.431 e. The van der Waals surface area contributed by atoms with Gasteiger partial charge in [0.25, 0.3) is 6.33 Å². The number of hydrogen-bond donors (Lipinski definition) is 1. The molecule has 0 atom stereocenters. The van der Waals surface area contributed by atoms with Gasteiger partial charge in [0.15, 0.2) is 10.2 Å². The van der Waals surface area contributed by atoms with Gasteiger partial charge in [0.1, 0.15) is 18.1 Å². The van der Waals surface area contributed by atoms with E-state index < -0.39 is 16.5 Å². The molecule has 0 aliphatic carbocycles. The fourth-order valence-corrected chi connectivity index (χ4v) is 2.68. The average Bonchev–Trinajstić information content (AvgIpc) is 3.17. The lowest BCUT2D eigenvalue weighted by Gasteiger charge is -2.10. The molecule has 2 aromatic rings. The number of nitro groups is 1. The van der Waals surface area contributed by atoms with E-state index in [0.717, 1.165) is 0 Å². The van der Waals surface area contributed by atoms with Crippen LogP contribution in [0.25, 0.3) is 11.9 Å². The number of allylic oxidation sites excluding steroid dienone is 1. The van der Waals surface area contributed by atoms with Crippen LogP contribution in [0, 0.1) is 10.1 Å². The third kappa shape index (κ3) is 2.98. The normalized spacial score (nSPS) is 14.6. The quantitative estimate of drug-likeness (QED) is 0.499. The number of benzene rings is 1. The molecule has 0 fully saturated rings. The molecule has 0 unspecified atom stereocenters. The first kappa shape index (κ1) is 17.0. The molecule has 1 aromatic carbocycles. The van der Waals surface area contributed by atoms with Crippen LogP contribution < -0.4 is 14.4 Å². The molecular weight excluding hydrogens is 371 g/mol. The lowest BCUT2D eigenvalue weighted by atomic mass is 10.3. The number of para-hydroxylation sites is 2. The fraction of sp³-hybridized carbons (Fsp3) is 0. The number of nitrogens with zero attached hydrogens (tertiary/aromatic N) is 4. The highest BCUT2D eigenvalue weighted by atomic mass is 35.5. The van der Waals surface area contributed by atoms with Crippen LogP contribution >= 0.6 is 23.2 Å². The maximum Gasteiger partial charge on any atom is 0.380 e. The van der Waals surface area contributed by atoms with E-state index in [1.807, 2.05) is 0 Å². The maximum atomic E-state index is 11.7. The molecule has 0 saturated heterocycles. The Kier molecular flexibility index (Phi) is 4.49. The fourth-order valence-electron chi connectivity index (χ4n) is 2.31. The van der Waals surface area contributed by atoms with Crippen LogP contribution in [0.5, 0.6) is 5.75 Å². The van der Waals surface area contributed by atoms with Crippen LogP contribution in [-0.2, 0) is 0 Å². The minimum absolute atomic E-state index is 0.171. The summed E-state index contributed by atoms with van der Waals surface area (Å²) in [6.45, 7) is 3.59. The number of hydrogen-bond acceptors (Lipinski definition) is 5. The van der Waals surface area contributed by atoms with E-state index in [-0.39, 0.29) is 21.6 Å². The van der Waals surface area contributed by atoms with Gasteiger partial charge < -0.3 is 4.74 Å². The standard InChI is InChI=1S/C15H11Cl2N4O4/c1-2-18-7-8-19(9-18)12(14(16)17)13(21(23)24)15-20(22)10-5-3-4-6-11(10)25-15/h2-9,22H,1H2/q+1/b15-13+. The first-order chi connectivity index (χ1) is 11.9. The van der Waals surface area contributed by atoms with Crippen LogP contribution in [0.15, 0.2) is 65.6 Å². The van der Waals surface area contributed by atoms with Crippen molar-refractivity contribution in [2.45, 2.75) is 0 Å². The van der Waals surface area contributed by atoms with Gasteiger partial charge in [0.05, 0.1) is 11.1 Å². The van der Waals surface area contributed by atoms with Gasteiger partial charge in [-0.05, 0) is 12.1 Å². The summed E-state index contributed by atoms with van der Waals surface area (Å²) in [5, 5.41) is 22.6. The Morgan fingerprint density at radius 2 is 2.12 bits per heavy atom. The predicted octanol–water partition coefficient (Wildman–Crippen LogP) is 3.21. The van der Waals surface area contributed by atoms with E-state index >= 15 is 0 Å². The molecule has 10 heteroatoms. The molecule has 3 rings (SSSR count). The van der Waals surface area contributed by atoms with Crippen molar-refractivity contribution in [3.05, 3.63) is 75.8 Å². The summed E-state index contributed by atoms with van der Waals surface area (Å²) in [5.41, 5.74) is -0.517. The van der Waals surface area contributed by atoms with Crippen molar-refractivity contribution < 1.29 is 19.4 Å². The molecule has 0 amide bonds. The summed E-state index contributed by atoms with van der Waals surface area (Å²) in [4.78, 5) is 11.0. The summed E-state index contributed by atoms with van der Waals surface area (Å²) in [5.74, 6) is -0.156. The molecule has 1 aliphatic rings. The van der Waals surface area contributed by atoms with Crippen LogP contribution in [0.1, 0.15) is 0 Å². The lowest BCUT2D eigenvalue weighted by molar-refractivity contribution is -0.566. The summed E-state index contributed by atoms with van der Waals surface area (Å²) in [7, 11) is 0. The summed E-state index contributed by atoms with van der Waals surface area (Å²) >= 11 is 11.8. The predicted molar refractivity (Wildman–Crippen MR) is 91.3 cm³/mol. The largest absolute Gasteiger partial charge is 0.431 e. The number of rotatable bonds is 4. The molecule has 1 N–H and O–H groups in total. The Bertz CT molecular complexity index is 931. The van der Waals surface area contributed by atoms with Crippen molar-refractivity contribution in [3.63, 3.8) is 0 Å².